The molecule has 6 heteroatoms. The number of esters is 3. The maximum atomic E-state index is 12.1. The third-order valence-corrected chi connectivity index (χ3v) is 3.95. The summed E-state index contributed by atoms with van der Waals surface area (Å²) in [7, 11) is 1.33. The van der Waals surface area contributed by atoms with Gasteiger partial charge in [0, 0.05) is 13.8 Å². The van der Waals surface area contributed by atoms with Crippen molar-refractivity contribution < 1.29 is 28.6 Å². The van der Waals surface area contributed by atoms with Gasteiger partial charge in [0.05, 0.1) is 12.7 Å². The lowest BCUT2D eigenvalue weighted by atomic mass is 10.0. The lowest BCUT2D eigenvalue weighted by molar-refractivity contribution is -0.222. The average Bonchev–Trinajstić information content (AvgIpc) is 2.64. The van der Waals surface area contributed by atoms with Crippen molar-refractivity contribution in [2.24, 2.45) is 0 Å². The molecule has 138 valence electrons. The highest BCUT2D eigenvalue weighted by Crippen LogP contribution is 2.26. The lowest BCUT2D eigenvalue weighted by Crippen LogP contribution is -2.41. The first kappa shape index (κ1) is 18.4. The van der Waals surface area contributed by atoms with Gasteiger partial charge in [-0.25, -0.2) is 14.4 Å². The van der Waals surface area contributed by atoms with Gasteiger partial charge in [-0.1, -0.05) is 30.3 Å². The van der Waals surface area contributed by atoms with Gasteiger partial charge in [0.2, 0.25) is 0 Å². The van der Waals surface area contributed by atoms with Crippen LogP contribution in [0.3, 0.4) is 0 Å². The zero-order valence-electron chi connectivity index (χ0n) is 15.1. The number of methoxy groups -OCH3 is 1. The van der Waals surface area contributed by atoms with E-state index in [1.165, 1.54) is 27.0 Å². The number of ether oxygens (including phenoxy) is 3. The van der Waals surface area contributed by atoms with Gasteiger partial charge in [0.1, 0.15) is 5.57 Å². The summed E-state index contributed by atoms with van der Waals surface area (Å²) in [5.41, 5.74) is 2.67. The first-order chi connectivity index (χ1) is 12.8. The van der Waals surface area contributed by atoms with E-state index in [2.05, 4.69) is 4.74 Å². The molecule has 0 aromatic heterocycles. The minimum Gasteiger partial charge on any atom is -0.465 e. The van der Waals surface area contributed by atoms with Gasteiger partial charge in [-0.15, -0.1) is 0 Å². The first-order valence-electron chi connectivity index (χ1n) is 8.26. The van der Waals surface area contributed by atoms with Gasteiger partial charge in [0.15, 0.2) is 0 Å². The van der Waals surface area contributed by atoms with Crippen LogP contribution in [-0.4, -0.2) is 30.8 Å². The number of carbonyl (C=O) groups is 3. The molecule has 1 saturated heterocycles. The Bertz CT molecular complexity index is 915. The van der Waals surface area contributed by atoms with E-state index in [0.29, 0.717) is 11.1 Å². The van der Waals surface area contributed by atoms with Crippen LogP contribution in [0, 0.1) is 0 Å². The van der Waals surface area contributed by atoms with Gasteiger partial charge < -0.3 is 14.2 Å². The molecule has 6 nitrogen and oxygen atoms in total. The van der Waals surface area contributed by atoms with Crippen molar-refractivity contribution in [2.45, 2.75) is 19.6 Å². The summed E-state index contributed by atoms with van der Waals surface area (Å²) in [6, 6.07) is 14.2. The number of rotatable bonds is 3. The van der Waals surface area contributed by atoms with Crippen LogP contribution < -0.4 is 0 Å². The zero-order valence-corrected chi connectivity index (χ0v) is 15.1. The predicted octanol–water partition coefficient (Wildman–Crippen LogP) is 3.36. The van der Waals surface area contributed by atoms with Crippen LogP contribution in [0.2, 0.25) is 0 Å². The highest BCUT2D eigenvalue weighted by Gasteiger charge is 2.38. The van der Waals surface area contributed by atoms with Crippen molar-refractivity contribution in [1.29, 1.82) is 0 Å². The Kier molecular flexibility index (Phi) is 4.81. The first-order valence-corrected chi connectivity index (χ1v) is 8.26. The molecular formula is C21H18O6. The van der Waals surface area contributed by atoms with Crippen molar-refractivity contribution in [3.8, 4) is 11.1 Å². The summed E-state index contributed by atoms with van der Waals surface area (Å²) < 4.78 is 14.9. The number of hydrogen-bond acceptors (Lipinski definition) is 6. The van der Waals surface area contributed by atoms with E-state index in [-0.39, 0.29) is 5.57 Å². The van der Waals surface area contributed by atoms with Gasteiger partial charge in [-0.05, 0) is 41.0 Å². The zero-order chi connectivity index (χ0) is 19.6. The Labute approximate surface area is 156 Å². The van der Waals surface area contributed by atoms with E-state index in [0.717, 1.165) is 11.1 Å². The van der Waals surface area contributed by atoms with Crippen LogP contribution >= 0.6 is 0 Å². The Morgan fingerprint density at radius 2 is 1.59 bits per heavy atom. The third-order valence-electron chi connectivity index (χ3n) is 3.95. The minimum atomic E-state index is -1.27. The highest BCUT2D eigenvalue weighted by atomic mass is 16.7. The summed E-state index contributed by atoms with van der Waals surface area (Å²) in [6.07, 6.45) is 1.44. The summed E-state index contributed by atoms with van der Waals surface area (Å²) >= 11 is 0. The number of carbonyl (C=O) groups excluding carboxylic acids is 3. The maximum absolute atomic E-state index is 12.1. The predicted molar refractivity (Wildman–Crippen MR) is 97.5 cm³/mol. The molecular weight excluding hydrogens is 348 g/mol. The number of benzene rings is 2. The summed E-state index contributed by atoms with van der Waals surface area (Å²) in [5.74, 6) is -3.11. The molecule has 27 heavy (non-hydrogen) atoms. The molecule has 1 aliphatic heterocycles. The third kappa shape index (κ3) is 4.06. The summed E-state index contributed by atoms with van der Waals surface area (Å²) in [6.45, 7) is 3.00. The molecule has 0 radical (unpaired) electrons. The monoisotopic (exact) mass is 366 g/mol. The SMILES string of the molecule is COC(=O)c1ccc(-c2cccc(C=C3C(=O)OC(C)(C)OC3=O)c2)cc1. The summed E-state index contributed by atoms with van der Waals surface area (Å²) in [4.78, 5) is 35.7. The van der Waals surface area contributed by atoms with Crippen molar-refractivity contribution in [3.05, 3.63) is 65.2 Å². The van der Waals surface area contributed by atoms with Gasteiger partial charge in [-0.2, -0.15) is 0 Å². The average molecular weight is 366 g/mol. The van der Waals surface area contributed by atoms with Crippen LogP contribution in [0.25, 0.3) is 17.2 Å². The Balaban J connectivity index is 1.89. The van der Waals surface area contributed by atoms with Gasteiger partial charge in [-0.3, -0.25) is 0 Å². The Hall–Kier alpha value is -3.41. The highest BCUT2D eigenvalue weighted by molar-refractivity contribution is 6.18. The van der Waals surface area contributed by atoms with Crippen molar-refractivity contribution in [1.82, 2.24) is 0 Å². The van der Waals surface area contributed by atoms with E-state index in [1.807, 2.05) is 12.1 Å². The normalized spacial score (nSPS) is 15.6. The molecule has 0 bridgehead atoms. The Morgan fingerprint density at radius 3 is 2.19 bits per heavy atom. The lowest BCUT2D eigenvalue weighted by Gasteiger charge is -2.29. The molecule has 0 unspecified atom stereocenters. The van der Waals surface area contributed by atoms with Crippen LogP contribution in [0.5, 0.6) is 0 Å². The molecule has 0 amide bonds. The van der Waals surface area contributed by atoms with Crippen LogP contribution in [0.1, 0.15) is 29.8 Å². The van der Waals surface area contributed by atoms with E-state index in [9.17, 15) is 14.4 Å². The standard InChI is InChI=1S/C21H18O6/c1-21(2)26-19(23)17(20(24)27-21)12-13-5-4-6-16(11-13)14-7-9-15(10-8-14)18(22)25-3/h4-12H,1-3H3. The molecule has 1 heterocycles. The van der Waals surface area contributed by atoms with Crippen molar-refractivity contribution >= 4 is 24.0 Å². The van der Waals surface area contributed by atoms with Gasteiger partial charge in [0.25, 0.3) is 5.79 Å². The van der Waals surface area contributed by atoms with E-state index in [4.69, 9.17) is 9.47 Å². The second-order valence-electron chi connectivity index (χ2n) is 6.43. The van der Waals surface area contributed by atoms with Crippen molar-refractivity contribution in [2.75, 3.05) is 7.11 Å². The summed E-state index contributed by atoms with van der Waals surface area (Å²) in [5, 5.41) is 0. The molecule has 0 spiro atoms. The van der Waals surface area contributed by atoms with Gasteiger partial charge >= 0.3 is 17.9 Å². The topological polar surface area (TPSA) is 78.9 Å². The van der Waals surface area contributed by atoms with E-state index < -0.39 is 23.7 Å². The smallest absolute Gasteiger partial charge is 0.348 e. The molecule has 2 aromatic carbocycles. The fourth-order valence-electron chi connectivity index (χ4n) is 2.67. The fraction of sp³-hybridized carbons (Fsp3) is 0.190. The quantitative estimate of drug-likeness (QED) is 0.471. The van der Waals surface area contributed by atoms with E-state index in [1.54, 1.807) is 36.4 Å². The second kappa shape index (κ2) is 7.07. The molecule has 2 aromatic rings. The van der Waals surface area contributed by atoms with Crippen LogP contribution in [0.15, 0.2) is 54.1 Å². The molecule has 0 N–H and O–H groups in total. The molecule has 3 rings (SSSR count). The van der Waals surface area contributed by atoms with Crippen LogP contribution in [-0.2, 0) is 23.8 Å². The second-order valence-corrected chi connectivity index (χ2v) is 6.43. The fourth-order valence-corrected chi connectivity index (χ4v) is 2.67. The molecule has 0 saturated carbocycles. The number of cyclic esters (lactones) is 2. The van der Waals surface area contributed by atoms with E-state index >= 15 is 0 Å². The maximum Gasteiger partial charge on any atom is 0.348 e. The Morgan fingerprint density at radius 1 is 0.963 bits per heavy atom. The molecule has 1 fully saturated rings. The molecule has 0 aliphatic carbocycles. The molecule has 0 atom stereocenters. The largest absolute Gasteiger partial charge is 0.465 e. The van der Waals surface area contributed by atoms with Crippen molar-refractivity contribution in [3.63, 3.8) is 0 Å². The van der Waals surface area contributed by atoms with Crippen LogP contribution in [0.4, 0.5) is 0 Å². The molecule has 1 aliphatic rings. The minimum absolute atomic E-state index is 0.160. The number of hydrogen-bond donors (Lipinski definition) is 0.